The fraction of sp³-hybridized carbons (Fsp3) is 0.0571. The fourth-order valence-corrected chi connectivity index (χ4v) is 3.98. The van der Waals surface area contributed by atoms with E-state index in [1.807, 2.05) is 91.9 Å². The maximum absolute atomic E-state index is 4.87. The van der Waals surface area contributed by atoms with Gasteiger partial charge >= 0.3 is 0 Å². The van der Waals surface area contributed by atoms with Crippen LogP contribution in [-0.4, -0.2) is 15.0 Å². The molecule has 0 aliphatic rings. The standard InChI is InChI=1S/C35H31N3/c1-6-10-12-27(9-4)29-19-23-32(24-20-29)35-37-33(30-15-13-25(5)14-16-30)36-34(38-35)31-21-17-28(18-22-31)26(8-3)11-7-2/h6-24H,2-4H2,1,5H3. The van der Waals surface area contributed by atoms with E-state index in [9.17, 15) is 0 Å². The molecule has 0 fully saturated rings. The Labute approximate surface area is 225 Å². The van der Waals surface area contributed by atoms with Crippen LogP contribution in [0.15, 0.2) is 135 Å². The molecule has 0 radical (unpaired) electrons. The van der Waals surface area contributed by atoms with Crippen LogP contribution in [0.5, 0.6) is 0 Å². The summed E-state index contributed by atoms with van der Waals surface area (Å²) in [4.78, 5) is 14.6. The molecule has 4 aromatic rings. The summed E-state index contributed by atoms with van der Waals surface area (Å²) in [5.74, 6) is 1.88. The van der Waals surface area contributed by atoms with Gasteiger partial charge in [-0.15, -0.1) is 0 Å². The highest BCUT2D eigenvalue weighted by molar-refractivity contribution is 5.77. The molecule has 1 aromatic heterocycles. The predicted octanol–water partition coefficient (Wildman–Crippen LogP) is 9.08. The zero-order valence-electron chi connectivity index (χ0n) is 21.9. The van der Waals surface area contributed by atoms with Gasteiger partial charge in [-0.25, -0.2) is 15.0 Å². The molecule has 3 nitrogen and oxygen atoms in total. The van der Waals surface area contributed by atoms with Crippen molar-refractivity contribution >= 4 is 11.1 Å². The van der Waals surface area contributed by atoms with Crippen LogP contribution in [-0.2, 0) is 0 Å². The Morgan fingerprint density at radius 2 is 0.974 bits per heavy atom. The average molecular weight is 494 g/mol. The number of benzene rings is 3. The second-order valence-corrected chi connectivity index (χ2v) is 8.74. The van der Waals surface area contributed by atoms with Crippen LogP contribution >= 0.6 is 0 Å². The highest BCUT2D eigenvalue weighted by Crippen LogP contribution is 2.27. The minimum atomic E-state index is 0.619. The van der Waals surface area contributed by atoms with E-state index in [1.165, 1.54) is 5.56 Å². The third-order valence-corrected chi connectivity index (χ3v) is 6.10. The average Bonchev–Trinajstić information content (AvgIpc) is 2.97. The van der Waals surface area contributed by atoms with Gasteiger partial charge in [0.2, 0.25) is 0 Å². The highest BCUT2D eigenvalue weighted by atomic mass is 15.0. The van der Waals surface area contributed by atoms with E-state index in [2.05, 4.69) is 50.9 Å². The van der Waals surface area contributed by atoms with Crippen LogP contribution in [0.25, 0.3) is 45.3 Å². The molecule has 3 heteroatoms. The van der Waals surface area contributed by atoms with Gasteiger partial charge < -0.3 is 0 Å². The van der Waals surface area contributed by atoms with Crippen LogP contribution in [0.3, 0.4) is 0 Å². The number of aryl methyl sites for hydroxylation is 1. The normalized spacial score (nSPS) is 11.9. The molecule has 1 heterocycles. The summed E-state index contributed by atoms with van der Waals surface area (Å²) in [6, 6.07) is 24.6. The Bertz CT molecular complexity index is 1530. The topological polar surface area (TPSA) is 38.7 Å². The van der Waals surface area contributed by atoms with E-state index in [1.54, 1.807) is 6.08 Å². The van der Waals surface area contributed by atoms with Crippen molar-refractivity contribution in [3.05, 3.63) is 152 Å². The van der Waals surface area contributed by atoms with Gasteiger partial charge in [0.05, 0.1) is 0 Å². The van der Waals surface area contributed by atoms with Crippen LogP contribution in [0.4, 0.5) is 0 Å². The monoisotopic (exact) mass is 493 g/mol. The molecule has 0 unspecified atom stereocenters. The third-order valence-electron chi connectivity index (χ3n) is 6.10. The Hall–Kier alpha value is -4.89. The lowest BCUT2D eigenvalue weighted by Gasteiger charge is -2.10. The minimum Gasteiger partial charge on any atom is -0.208 e. The first-order chi connectivity index (χ1) is 18.6. The van der Waals surface area contributed by atoms with Crippen molar-refractivity contribution in [2.75, 3.05) is 0 Å². The second kappa shape index (κ2) is 12.4. The molecule has 0 atom stereocenters. The minimum absolute atomic E-state index is 0.619. The summed E-state index contributed by atoms with van der Waals surface area (Å²) in [5, 5.41) is 0. The summed E-state index contributed by atoms with van der Waals surface area (Å²) in [6.07, 6.45) is 13.4. The Kier molecular flexibility index (Phi) is 8.53. The number of nitrogens with zero attached hydrogens (tertiary/aromatic N) is 3. The third kappa shape index (κ3) is 6.08. The van der Waals surface area contributed by atoms with E-state index >= 15 is 0 Å². The number of rotatable bonds is 9. The summed E-state index contributed by atoms with van der Waals surface area (Å²) >= 11 is 0. The van der Waals surface area contributed by atoms with Gasteiger partial charge in [0.15, 0.2) is 17.5 Å². The zero-order valence-corrected chi connectivity index (χ0v) is 21.9. The largest absolute Gasteiger partial charge is 0.208 e. The smallest absolute Gasteiger partial charge is 0.164 e. The maximum atomic E-state index is 4.87. The van der Waals surface area contributed by atoms with E-state index in [4.69, 9.17) is 15.0 Å². The van der Waals surface area contributed by atoms with Crippen LogP contribution in [0, 0.1) is 6.92 Å². The number of aromatic nitrogens is 3. The molecule has 4 rings (SSSR count). The van der Waals surface area contributed by atoms with Crippen molar-refractivity contribution in [1.82, 2.24) is 15.0 Å². The van der Waals surface area contributed by atoms with Crippen molar-refractivity contribution in [2.24, 2.45) is 0 Å². The quantitative estimate of drug-likeness (QED) is 0.218. The number of allylic oxidation sites excluding steroid dienone is 9. The van der Waals surface area contributed by atoms with E-state index in [0.29, 0.717) is 17.5 Å². The summed E-state index contributed by atoms with van der Waals surface area (Å²) < 4.78 is 0. The molecule has 0 spiro atoms. The van der Waals surface area contributed by atoms with Crippen molar-refractivity contribution in [3.8, 4) is 34.2 Å². The fourth-order valence-electron chi connectivity index (χ4n) is 3.98. The zero-order chi connectivity index (χ0) is 26.9. The van der Waals surface area contributed by atoms with Crippen molar-refractivity contribution in [2.45, 2.75) is 13.8 Å². The summed E-state index contributed by atoms with van der Waals surface area (Å²) in [5.41, 5.74) is 8.14. The lowest BCUT2D eigenvalue weighted by atomic mass is 10.0. The molecule has 0 amide bonds. The molecule has 186 valence electrons. The number of hydrogen-bond acceptors (Lipinski definition) is 3. The van der Waals surface area contributed by atoms with Gasteiger partial charge in [0.1, 0.15) is 0 Å². The van der Waals surface area contributed by atoms with E-state index < -0.39 is 0 Å². The molecule has 38 heavy (non-hydrogen) atoms. The molecule has 0 N–H and O–H groups in total. The number of hydrogen-bond donors (Lipinski definition) is 0. The molecule has 0 bridgehead atoms. The highest BCUT2D eigenvalue weighted by Gasteiger charge is 2.13. The molecule has 0 aliphatic carbocycles. The molecule has 3 aromatic carbocycles. The molecule has 0 aliphatic heterocycles. The molecular weight excluding hydrogens is 462 g/mol. The molecule has 0 saturated carbocycles. The van der Waals surface area contributed by atoms with Crippen molar-refractivity contribution < 1.29 is 0 Å². The Balaban J connectivity index is 1.80. The SMILES string of the molecule is C=CC=C(C=C)c1ccc(-c2nc(-c3ccc(C)cc3)nc(-c3ccc(C(C=C)=CC=CC)cc3)n2)cc1. The predicted molar refractivity (Wildman–Crippen MR) is 162 cm³/mol. The van der Waals surface area contributed by atoms with Crippen LogP contribution < -0.4 is 0 Å². The first-order valence-electron chi connectivity index (χ1n) is 12.5. The second-order valence-electron chi connectivity index (χ2n) is 8.74. The Morgan fingerprint density at radius 1 is 0.579 bits per heavy atom. The molecular formula is C35H31N3. The van der Waals surface area contributed by atoms with Gasteiger partial charge in [-0.3, -0.25) is 0 Å². The van der Waals surface area contributed by atoms with Gasteiger partial charge in [0.25, 0.3) is 0 Å². The van der Waals surface area contributed by atoms with Gasteiger partial charge in [0, 0.05) is 16.7 Å². The first-order valence-corrected chi connectivity index (χ1v) is 12.5. The van der Waals surface area contributed by atoms with E-state index in [0.717, 1.165) is 39.0 Å². The lowest BCUT2D eigenvalue weighted by Crippen LogP contribution is -2.00. The van der Waals surface area contributed by atoms with Gasteiger partial charge in [-0.2, -0.15) is 0 Å². The van der Waals surface area contributed by atoms with Crippen LogP contribution in [0.1, 0.15) is 23.6 Å². The van der Waals surface area contributed by atoms with Crippen molar-refractivity contribution in [1.29, 1.82) is 0 Å². The summed E-state index contributed by atoms with van der Waals surface area (Å²) in [6.45, 7) is 15.7. The lowest BCUT2D eigenvalue weighted by molar-refractivity contribution is 1.07. The molecule has 0 saturated heterocycles. The van der Waals surface area contributed by atoms with Gasteiger partial charge in [-0.1, -0.05) is 141 Å². The van der Waals surface area contributed by atoms with E-state index in [-0.39, 0.29) is 0 Å². The summed E-state index contributed by atoms with van der Waals surface area (Å²) in [7, 11) is 0. The van der Waals surface area contributed by atoms with Gasteiger partial charge in [-0.05, 0) is 36.1 Å². The van der Waals surface area contributed by atoms with Crippen LogP contribution in [0.2, 0.25) is 0 Å². The van der Waals surface area contributed by atoms with Crippen molar-refractivity contribution in [3.63, 3.8) is 0 Å². The Morgan fingerprint density at radius 3 is 1.34 bits per heavy atom. The maximum Gasteiger partial charge on any atom is 0.164 e. The first kappa shape index (κ1) is 26.2.